The lowest BCUT2D eigenvalue weighted by atomic mass is 10.1. The van der Waals surface area contributed by atoms with E-state index in [9.17, 15) is 0 Å². The highest BCUT2D eigenvalue weighted by Crippen LogP contribution is 2.26. The summed E-state index contributed by atoms with van der Waals surface area (Å²) in [6, 6.07) is 4.93. The predicted molar refractivity (Wildman–Crippen MR) is 86.5 cm³/mol. The van der Waals surface area contributed by atoms with Crippen molar-refractivity contribution in [1.29, 1.82) is 0 Å². The number of aromatic nitrogens is 2. The van der Waals surface area contributed by atoms with E-state index in [1.807, 2.05) is 0 Å². The Morgan fingerprint density at radius 3 is 2.76 bits per heavy atom. The number of rotatable bonds is 7. The molecule has 6 heteroatoms. The standard InChI is InChI=1S/C15H24N4OS/c1-5-7-11(12-8-6-9-21-12)17-14-19-18-13(20-14)10-16-15(2,3)4/h6,8-9,11,16H,5,7,10H2,1-4H3,(H,17,19). The summed E-state index contributed by atoms with van der Waals surface area (Å²) in [4.78, 5) is 1.30. The fourth-order valence-corrected chi connectivity index (χ4v) is 2.75. The summed E-state index contributed by atoms with van der Waals surface area (Å²) in [5.74, 6) is 0.605. The Balaban J connectivity index is 1.97. The van der Waals surface area contributed by atoms with E-state index >= 15 is 0 Å². The predicted octanol–water partition coefficient (Wildman–Crippen LogP) is 3.97. The van der Waals surface area contributed by atoms with Gasteiger partial charge in [-0.2, -0.15) is 0 Å². The molecule has 2 rings (SSSR count). The van der Waals surface area contributed by atoms with Gasteiger partial charge in [0, 0.05) is 10.4 Å². The van der Waals surface area contributed by atoms with Crippen molar-refractivity contribution >= 4 is 17.4 Å². The average molecular weight is 308 g/mol. The third kappa shape index (κ3) is 5.13. The van der Waals surface area contributed by atoms with Gasteiger partial charge in [0.2, 0.25) is 5.89 Å². The Kier molecular flexibility index (Phi) is 5.36. The lowest BCUT2D eigenvalue weighted by molar-refractivity contribution is 0.383. The molecular formula is C15H24N4OS. The molecule has 2 aromatic heterocycles. The number of anilines is 1. The summed E-state index contributed by atoms with van der Waals surface area (Å²) < 4.78 is 5.66. The third-order valence-electron chi connectivity index (χ3n) is 3.00. The van der Waals surface area contributed by atoms with Crippen LogP contribution in [0.4, 0.5) is 6.01 Å². The molecule has 2 N–H and O–H groups in total. The fraction of sp³-hybridized carbons (Fsp3) is 0.600. The summed E-state index contributed by atoms with van der Waals surface area (Å²) in [5.41, 5.74) is 0.0315. The van der Waals surface area contributed by atoms with Crippen molar-refractivity contribution in [2.24, 2.45) is 0 Å². The minimum absolute atomic E-state index is 0.0315. The van der Waals surface area contributed by atoms with Crippen LogP contribution in [-0.2, 0) is 6.54 Å². The van der Waals surface area contributed by atoms with Gasteiger partial charge in [0.15, 0.2) is 0 Å². The van der Waals surface area contributed by atoms with E-state index in [1.54, 1.807) is 11.3 Å². The van der Waals surface area contributed by atoms with Crippen LogP contribution in [-0.4, -0.2) is 15.7 Å². The van der Waals surface area contributed by atoms with Gasteiger partial charge in [0.05, 0.1) is 12.6 Å². The van der Waals surface area contributed by atoms with Gasteiger partial charge < -0.3 is 15.1 Å². The van der Waals surface area contributed by atoms with Crippen LogP contribution in [0.5, 0.6) is 0 Å². The van der Waals surface area contributed by atoms with Crippen LogP contribution in [0, 0.1) is 0 Å². The molecule has 2 heterocycles. The van der Waals surface area contributed by atoms with Gasteiger partial charge >= 0.3 is 6.01 Å². The van der Waals surface area contributed by atoms with E-state index < -0.39 is 0 Å². The molecule has 1 atom stereocenters. The number of hydrogen-bond acceptors (Lipinski definition) is 6. The lowest BCUT2D eigenvalue weighted by Gasteiger charge is -2.18. The zero-order chi connectivity index (χ0) is 15.3. The molecule has 0 bridgehead atoms. The highest BCUT2D eigenvalue weighted by atomic mass is 32.1. The topological polar surface area (TPSA) is 63.0 Å². The maximum atomic E-state index is 5.66. The van der Waals surface area contributed by atoms with Crippen LogP contribution in [0.15, 0.2) is 21.9 Å². The molecule has 0 saturated carbocycles. The SMILES string of the molecule is CCCC(Nc1nnc(CNC(C)(C)C)o1)c1cccs1. The van der Waals surface area contributed by atoms with E-state index in [2.05, 4.69) is 66.0 Å². The zero-order valence-corrected chi connectivity index (χ0v) is 14.0. The number of nitrogens with zero attached hydrogens (tertiary/aromatic N) is 2. The molecule has 5 nitrogen and oxygen atoms in total. The first-order chi connectivity index (χ1) is 9.98. The van der Waals surface area contributed by atoms with Gasteiger partial charge in [-0.15, -0.1) is 16.4 Å². The van der Waals surface area contributed by atoms with E-state index in [1.165, 1.54) is 4.88 Å². The molecule has 116 valence electrons. The first kappa shape index (κ1) is 16.0. The Labute approximate surface area is 130 Å². The van der Waals surface area contributed by atoms with Crippen molar-refractivity contribution in [3.63, 3.8) is 0 Å². The van der Waals surface area contributed by atoms with Crippen LogP contribution in [0.1, 0.15) is 57.3 Å². The van der Waals surface area contributed by atoms with Gasteiger partial charge in [-0.05, 0) is 38.6 Å². The molecule has 0 aliphatic rings. The lowest BCUT2D eigenvalue weighted by Crippen LogP contribution is -2.35. The minimum Gasteiger partial charge on any atom is -0.407 e. The molecular weight excluding hydrogens is 284 g/mol. The molecule has 0 aliphatic heterocycles. The molecule has 21 heavy (non-hydrogen) atoms. The van der Waals surface area contributed by atoms with E-state index in [4.69, 9.17) is 4.42 Å². The van der Waals surface area contributed by atoms with E-state index in [0.29, 0.717) is 18.5 Å². The van der Waals surface area contributed by atoms with Crippen molar-refractivity contribution in [2.45, 2.75) is 58.7 Å². The molecule has 1 unspecified atom stereocenters. The third-order valence-corrected chi connectivity index (χ3v) is 3.98. The highest BCUT2D eigenvalue weighted by molar-refractivity contribution is 7.10. The minimum atomic E-state index is 0.0315. The van der Waals surface area contributed by atoms with Crippen LogP contribution in [0.25, 0.3) is 0 Å². The second-order valence-electron chi connectivity index (χ2n) is 6.11. The molecule has 0 amide bonds. The maximum absolute atomic E-state index is 5.66. The Hall–Kier alpha value is -1.40. The van der Waals surface area contributed by atoms with Gasteiger partial charge in [-0.3, -0.25) is 0 Å². The van der Waals surface area contributed by atoms with Gasteiger partial charge in [-0.25, -0.2) is 0 Å². The molecule has 0 spiro atoms. The largest absolute Gasteiger partial charge is 0.407 e. The monoisotopic (exact) mass is 308 g/mol. The second kappa shape index (κ2) is 7.04. The van der Waals surface area contributed by atoms with Crippen molar-refractivity contribution in [2.75, 3.05) is 5.32 Å². The summed E-state index contributed by atoms with van der Waals surface area (Å²) in [6.45, 7) is 9.08. The fourth-order valence-electron chi connectivity index (χ4n) is 1.94. The zero-order valence-electron chi connectivity index (χ0n) is 13.1. The molecule has 0 radical (unpaired) electrons. The summed E-state index contributed by atoms with van der Waals surface area (Å²) >= 11 is 1.75. The summed E-state index contributed by atoms with van der Waals surface area (Å²) in [7, 11) is 0. The number of nitrogens with one attached hydrogen (secondary N) is 2. The Bertz CT molecular complexity index is 530. The van der Waals surface area contributed by atoms with Crippen LogP contribution >= 0.6 is 11.3 Å². The first-order valence-electron chi connectivity index (χ1n) is 7.35. The van der Waals surface area contributed by atoms with Crippen LogP contribution < -0.4 is 10.6 Å². The van der Waals surface area contributed by atoms with Crippen LogP contribution in [0.3, 0.4) is 0 Å². The quantitative estimate of drug-likeness (QED) is 0.810. The van der Waals surface area contributed by atoms with Crippen LogP contribution in [0.2, 0.25) is 0 Å². The highest BCUT2D eigenvalue weighted by Gasteiger charge is 2.16. The van der Waals surface area contributed by atoms with Gasteiger partial charge in [-0.1, -0.05) is 24.5 Å². The smallest absolute Gasteiger partial charge is 0.316 e. The first-order valence-corrected chi connectivity index (χ1v) is 8.23. The molecule has 0 saturated heterocycles. The van der Waals surface area contributed by atoms with E-state index in [0.717, 1.165) is 12.8 Å². The number of thiophene rings is 1. The van der Waals surface area contributed by atoms with Crippen molar-refractivity contribution < 1.29 is 4.42 Å². The molecule has 0 fully saturated rings. The molecule has 0 aliphatic carbocycles. The molecule has 2 aromatic rings. The Morgan fingerprint density at radius 2 is 2.14 bits per heavy atom. The van der Waals surface area contributed by atoms with Gasteiger partial charge in [0.1, 0.15) is 0 Å². The van der Waals surface area contributed by atoms with Gasteiger partial charge in [0.25, 0.3) is 0 Å². The second-order valence-corrected chi connectivity index (χ2v) is 7.08. The normalized spacial score (nSPS) is 13.3. The maximum Gasteiger partial charge on any atom is 0.316 e. The van der Waals surface area contributed by atoms with Crippen molar-refractivity contribution in [1.82, 2.24) is 15.5 Å². The summed E-state index contributed by atoms with van der Waals surface area (Å²) in [6.07, 6.45) is 2.14. The van der Waals surface area contributed by atoms with Crippen molar-refractivity contribution in [3.05, 3.63) is 28.3 Å². The average Bonchev–Trinajstić information content (AvgIpc) is 3.06. The van der Waals surface area contributed by atoms with Crippen molar-refractivity contribution in [3.8, 4) is 0 Å². The van der Waals surface area contributed by atoms with E-state index in [-0.39, 0.29) is 11.6 Å². The summed E-state index contributed by atoms with van der Waals surface area (Å²) in [5, 5.41) is 16.9. The Morgan fingerprint density at radius 1 is 1.33 bits per heavy atom. The number of hydrogen-bond donors (Lipinski definition) is 2. The molecule has 0 aromatic carbocycles.